The van der Waals surface area contributed by atoms with E-state index < -0.39 is 17.6 Å². The van der Waals surface area contributed by atoms with E-state index in [2.05, 4.69) is 0 Å². The van der Waals surface area contributed by atoms with Crippen LogP contribution in [-0.4, -0.2) is 35.0 Å². The number of amides is 2. The molecule has 1 aromatic carbocycles. The Hall–Kier alpha value is -2.30. The van der Waals surface area contributed by atoms with Crippen molar-refractivity contribution in [1.82, 2.24) is 4.90 Å². The lowest BCUT2D eigenvalue weighted by Gasteiger charge is -2.25. The third-order valence-electron chi connectivity index (χ3n) is 4.66. The second kappa shape index (κ2) is 6.44. The Labute approximate surface area is 135 Å². The van der Waals surface area contributed by atoms with Gasteiger partial charge in [0.25, 0.3) is 11.8 Å². The van der Waals surface area contributed by atoms with Crippen LogP contribution in [0.4, 0.5) is 0 Å². The monoisotopic (exact) mass is 315 g/mol. The third-order valence-corrected chi connectivity index (χ3v) is 4.66. The highest BCUT2D eigenvalue weighted by atomic mass is 16.5. The summed E-state index contributed by atoms with van der Waals surface area (Å²) in [5, 5.41) is 10.3. The molecule has 1 heterocycles. The van der Waals surface area contributed by atoms with Gasteiger partial charge in [-0.25, -0.2) is 0 Å². The SMILES string of the molecule is COc1ccccc1C1=C(O)C(=O)N(C2CCCCCC2)C1=O. The molecule has 5 nitrogen and oxygen atoms in total. The van der Waals surface area contributed by atoms with Crippen LogP contribution in [0.5, 0.6) is 5.75 Å². The molecular formula is C18H21NO4. The van der Waals surface area contributed by atoms with Crippen molar-refractivity contribution in [3.05, 3.63) is 35.6 Å². The minimum atomic E-state index is -0.581. The number of ether oxygens (including phenoxy) is 1. The standard InChI is InChI=1S/C18H21NO4/c1-23-14-11-7-6-10-13(14)15-16(20)18(22)19(17(15)21)12-8-4-2-3-5-9-12/h6-7,10-12,20H,2-5,8-9H2,1H3. The zero-order valence-corrected chi connectivity index (χ0v) is 13.2. The number of aliphatic hydroxyl groups excluding tert-OH is 1. The average Bonchev–Trinajstić information content (AvgIpc) is 2.77. The van der Waals surface area contributed by atoms with E-state index in [0.717, 1.165) is 38.5 Å². The van der Waals surface area contributed by atoms with Gasteiger partial charge < -0.3 is 9.84 Å². The second-order valence-electron chi connectivity index (χ2n) is 6.05. The molecule has 1 aliphatic heterocycles. The zero-order chi connectivity index (χ0) is 16.4. The van der Waals surface area contributed by atoms with Gasteiger partial charge in [0.15, 0.2) is 5.76 Å². The maximum absolute atomic E-state index is 12.8. The van der Waals surface area contributed by atoms with Crippen LogP contribution in [0.2, 0.25) is 0 Å². The fraction of sp³-hybridized carbons (Fsp3) is 0.444. The molecule has 0 bridgehead atoms. The maximum Gasteiger partial charge on any atom is 0.296 e. The lowest BCUT2D eigenvalue weighted by molar-refractivity contribution is -0.141. The molecule has 2 aliphatic rings. The molecule has 0 saturated heterocycles. The summed E-state index contributed by atoms with van der Waals surface area (Å²) >= 11 is 0. The number of hydrogen-bond donors (Lipinski definition) is 1. The minimum Gasteiger partial charge on any atom is -0.502 e. The number of nitrogens with zero attached hydrogens (tertiary/aromatic N) is 1. The number of hydrogen-bond acceptors (Lipinski definition) is 4. The number of benzene rings is 1. The number of carbonyl (C=O) groups excluding carboxylic acids is 2. The average molecular weight is 315 g/mol. The molecule has 1 N–H and O–H groups in total. The molecule has 23 heavy (non-hydrogen) atoms. The van der Waals surface area contributed by atoms with Crippen LogP contribution in [0.1, 0.15) is 44.1 Å². The highest BCUT2D eigenvalue weighted by molar-refractivity contribution is 6.35. The topological polar surface area (TPSA) is 66.8 Å². The predicted octanol–water partition coefficient (Wildman–Crippen LogP) is 3.06. The molecule has 1 saturated carbocycles. The summed E-state index contributed by atoms with van der Waals surface area (Å²) in [5.41, 5.74) is 0.513. The molecule has 1 aromatic rings. The zero-order valence-electron chi connectivity index (χ0n) is 13.2. The summed E-state index contributed by atoms with van der Waals surface area (Å²) in [5.74, 6) is -0.992. The first-order valence-electron chi connectivity index (χ1n) is 8.09. The van der Waals surface area contributed by atoms with E-state index in [9.17, 15) is 14.7 Å². The van der Waals surface area contributed by atoms with Gasteiger partial charge in [-0.2, -0.15) is 0 Å². The van der Waals surface area contributed by atoms with Crippen molar-refractivity contribution in [2.24, 2.45) is 0 Å². The van der Waals surface area contributed by atoms with Gasteiger partial charge in [-0.1, -0.05) is 43.9 Å². The fourth-order valence-electron chi connectivity index (χ4n) is 3.48. The lowest BCUT2D eigenvalue weighted by atomic mass is 10.0. The van der Waals surface area contributed by atoms with Gasteiger partial charge in [-0.3, -0.25) is 14.5 Å². The Morgan fingerprint density at radius 2 is 1.70 bits per heavy atom. The second-order valence-corrected chi connectivity index (χ2v) is 6.05. The lowest BCUT2D eigenvalue weighted by Crippen LogP contribution is -2.40. The van der Waals surface area contributed by atoms with Gasteiger partial charge in [0.1, 0.15) is 5.75 Å². The molecular weight excluding hydrogens is 294 g/mol. The van der Waals surface area contributed by atoms with E-state index in [0.29, 0.717) is 11.3 Å². The summed E-state index contributed by atoms with van der Waals surface area (Å²) in [7, 11) is 1.50. The first-order valence-corrected chi connectivity index (χ1v) is 8.09. The highest BCUT2D eigenvalue weighted by Crippen LogP contribution is 2.36. The number of para-hydroxylation sites is 1. The summed E-state index contributed by atoms with van der Waals surface area (Å²) in [6.07, 6.45) is 5.89. The van der Waals surface area contributed by atoms with Crippen molar-refractivity contribution in [2.75, 3.05) is 7.11 Å². The predicted molar refractivity (Wildman–Crippen MR) is 85.9 cm³/mol. The van der Waals surface area contributed by atoms with E-state index in [1.807, 2.05) is 0 Å². The van der Waals surface area contributed by atoms with Gasteiger partial charge in [-0.05, 0) is 18.9 Å². The number of carbonyl (C=O) groups is 2. The normalized spacial score (nSPS) is 20.1. The van der Waals surface area contributed by atoms with E-state index in [-0.39, 0.29) is 11.6 Å². The first kappa shape index (κ1) is 15.6. The van der Waals surface area contributed by atoms with Gasteiger partial charge in [0.05, 0.1) is 12.7 Å². The smallest absolute Gasteiger partial charge is 0.296 e. The van der Waals surface area contributed by atoms with Crippen LogP contribution in [0.3, 0.4) is 0 Å². The van der Waals surface area contributed by atoms with E-state index in [1.165, 1.54) is 12.0 Å². The Kier molecular flexibility index (Phi) is 4.37. The van der Waals surface area contributed by atoms with Crippen LogP contribution in [-0.2, 0) is 9.59 Å². The van der Waals surface area contributed by atoms with Gasteiger partial charge >= 0.3 is 0 Å². The summed E-state index contributed by atoms with van der Waals surface area (Å²) in [6, 6.07) is 6.81. The summed E-state index contributed by atoms with van der Waals surface area (Å²) in [4.78, 5) is 26.6. The fourth-order valence-corrected chi connectivity index (χ4v) is 3.48. The van der Waals surface area contributed by atoms with E-state index >= 15 is 0 Å². The van der Waals surface area contributed by atoms with Crippen molar-refractivity contribution < 1.29 is 19.4 Å². The number of methoxy groups -OCH3 is 1. The third kappa shape index (κ3) is 2.71. The van der Waals surface area contributed by atoms with Crippen molar-refractivity contribution in [2.45, 2.75) is 44.6 Å². The molecule has 0 unspecified atom stereocenters. The molecule has 0 radical (unpaired) electrons. The molecule has 0 atom stereocenters. The Morgan fingerprint density at radius 3 is 2.35 bits per heavy atom. The van der Waals surface area contributed by atoms with Crippen LogP contribution in [0, 0.1) is 0 Å². The molecule has 5 heteroatoms. The van der Waals surface area contributed by atoms with Crippen molar-refractivity contribution in [3.63, 3.8) is 0 Å². The van der Waals surface area contributed by atoms with Crippen LogP contribution >= 0.6 is 0 Å². The van der Waals surface area contributed by atoms with E-state index in [1.54, 1.807) is 24.3 Å². The first-order chi connectivity index (χ1) is 11.1. The van der Waals surface area contributed by atoms with Crippen LogP contribution < -0.4 is 4.74 Å². The Bertz CT molecular complexity index is 657. The number of aliphatic hydroxyl groups is 1. The Balaban J connectivity index is 1.96. The van der Waals surface area contributed by atoms with Crippen molar-refractivity contribution in [1.29, 1.82) is 0 Å². The largest absolute Gasteiger partial charge is 0.502 e. The molecule has 122 valence electrons. The molecule has 1 aliphatic carbocycles. The molecule has 0 aromatic heterocycles. The van der Waals surface area contributed by atoms with Gasteiger partial charge in [0, 0.05) is 11.6 Å². The molecule has 0 spiro atoms. The van der Waals surface area contributed by atoms with Crippen molar-refractivity contribution in [3.8, 4) is 5.75 Å². The molecule has 2 amide bonds. The van der Waals surface area contributed by atoms with Gasteiger partial charge in [-0.15, -0.1) is 0 Å². The highest BCUT2D eigenvalue weighted by Gasteiger charge is 2.43. The van der Waals surface area contributed by atoms with Gasteiger partial charge in [0.2, 0.25) is 0 Å². The summed E-state index contributed by atoms with van der Waals surface area (Å²) in [6.45, 7) is 0. The molecule has 3 rings (SSSR count). The van der Waals surface area contributed by atoms with Crippen molar-refractivity contribution >= 4 is 17.4 Å². The Morgan fingerprint density at radius 1 is 1.04 bits per heavy atom. The van der Waals surface area contributed by atoms with E-state index in [4.69, 9.17) is 4.74 Å². The maximum atomic E-state index is 12.8. The quantitative estimate of drug-likeness (QED) is 0.687. The van der Waals surface area contributed by atoms with Crippen LogP contribution in [0.15, 0.2) is 30.0 Å². The number of rotatable bonds is 3. The van der Waals surface area contributed by atoms with Crippen LogP contribution in [0.25, 0.3) is 5.57 Å². The molecule has 1 fully saturated rings. The number of imide groups is 1. The minimum absolute atomic E-state index is 0.0525. The summed E-state index contributed by atoms with van der Waals surface area (Å²) < 4.78 is 5.26.